The molecule has 7 nitrogen and oxygen atoms in total. The highest BCUT2D eigenvalue weighted by Gasteiger charge is 2.46. The molecule has 1 aromatic carbocycles. The molecular formula is C18H17N3O4. The van der Waals surface area contributed by atoms with Gasteiger partial charge in [-0.1, -0.05) is 36.4 Å². The number of benzene rings is 1. The average molecular weight is 339 g/mol. The molecule has 0 spiro atoms. The number of aromatic nitrogens is 1. The Morgan fingerprint density at radius 3 is 2.40 bits per heavy atom. The molecule has 0 saturated carbocycles. The van der Waals surface area contributed by atoms with Crippen LogP contribution in [0.2, 0.25) is 0 Å². The van der Waals surface area contributed by atoms with Crippen LogP contribution in [0.5, 0.6) is 5.88 Å². The van der Waals surface area contributed by atoms with E-state index in [1.165, 1.54) is 7.11 Å². The number of hydrogen-bond acceptors (Lipinski definition) is 5. The Hall–Kier alpha value is -3.22. The van der Waals surface area contributed by atoms with Crippen LogP contribution in [0.4, 0.5) is 4.79 Å². The number of ether oxygens (including phenoxy) is 1. The van der Waals surface area contributed by atoms with E-state index < -0.39 is 23.9 Å². The fraction of sp³-hybridized carbons (Fsp3) is 0.222. The Labute approximate surface area is 144 Å². The molecule has 4 amide bonds. The summed E-state index contributed by atoms with van der Waals surface area (Å²) in [6, 6.07) is 12.9. The van der Waals surface area contributed by atoms with Crippen molar-refractivity contribution in [1.29, 1.82) is 0 Å². The number of imide groups is 2. The first-order valence-corrected chi connectivity index (χ1v) is 7.77. The number of urea groups is 1. The van der Waals surface area contributed by atoms with Crippen molar-refractivity contribution >= 4 is 17.8 Å². The van der Waals surface area contributed by atoms with Gasteiger partial charge in [0.2, 0.25) is 5.88 Å². The maximum Gasteiger partial charge on any atom is 0.335 e. The van der Waals surface area contributed by atoms with E-state index >= 15 is 0 Å². The molecule has 1 fully saturated rings. The molecule has 0 radical (unpaired) electrons. The smallest absolute Gasteiger partial charge is 0.335 e. The SMILES string of the molecule is COc1cccc(CN2C(=O)C(=O)N([C@@H](C)c3ccccc3)C2=O)n1. The van der Waals surface area contributed by atoms with Crippen molar-refractivity contribution in [2.45, 2.75) is 19.5 Å². The molecule has 2 heterocycles. The zero-order valence-corrected chi connectivity index (χ0v) is 13.9. The maximum atomic E-state index is 12.7. The summed E-state index contributed by atoms with van der Waals surface area (Å²) < 4.78 is 5.03. The zero-order chi connectivity index (χ0) is 18.0. The summed E-state index contributed by atoms with van der Waals surface area (Å²) in [6.45, 7) is 1.63. The molecule has 1 aliphatic rings. The first-order valence-electron chi connectivity index (χ1n) is 7.77. The lowest BCUT2D eigenvalue weighted by Crippen LogP contribution is -2.35. The topological polar surface area (TPSA) is 79.8 Å². The number of hydrogen-bond donors (Lipinski definition) is 0. The molecule has 0 bridgehead atoms. The van der Waals surface area contributed by atoms with E-state index in [1.807, 2.05) is 30.3 Å². The van der Waals surface area contributed by atoms with Crippen LogP contribution in [0.15, 0.2) is 48.5 Å². The second-order valence-electron chi connectivity index (χ2n) is 5.61. The van der Waals surface area contributed by atoms with Crippen LogP contribution >= 0.6 is 0 Å². The molecule has 7 heteroatoms. The van der Waals surface area contributed by atoms with Gasteiger partial charge in [-0.15, -0.1) is 0 Å². The third-order valence-electron chi connectivity index (χ3n) is 4.06. The van der Waals surface area contributed by atoms with E-state index in [-0.39, 0.29) is 6.54 Å². The molecule has 0 N–H and O–H groups in total. The van der Waals surface area contributed by atoms with Crippen LogP contribution < -0.4 is 4.74 Å². The molecule has 128 valence electrons. The van der Waals surface area contributed by atoms with Crippen molar-refractivity contribution in [2.24, 2.45) is 0 Å². The number of amides is 4. The fourth-order valence-electron chi connectivity index (χ4n) is 2.71. The van der Waals surface area contributed by atoms with Crippen molar-refractivity contribution in [3.8, 4) is 5.88 Å². The van der Waals surface area contributed by atoms with E-state index in [2.05, 4.69) is 4.98 Å². The van der Waals surface area contributed by atoms with Gasteiger partial charge in [0.1, 0.15) is 0 Å². The lowest BCUT2D eigenvalue weighted by Gasteiger charge is -2.22. The van der Waals surface area contributed by atoms with E-state index in [0.29, 0.717) is 11.6 Å². The second kappa shape index (κ2) is 6.72. The predicted octanol–water partition coefficient (Wildman–Crippen LogP) is 2.14. The monoisotopic (exact) mass is 339 g/mol. The molecule has 1 atom stereocenters. The lowest BCUT2D eigenvalue weighted by molar-refractivity contribution is -0.144. The van der Waals surface area contributed by atoms with Crippen LogP contribution in [0.3, 0.4) is 0 Å². The van der Waals surface area contributed by atoms with Gasteiger partial charge in [-0.3, -0.25) is 9.59 Å². The summed E-state index contributed by atoms with van der Waals surface area (Å²) in [5.41, 5.74) is 1.24. The number of rotatable bonds is 5. The van der Waals surface area contributed by atoms with E-state index in [1.54, 1.807) is 25.1 Å². The van der Waals surface area contributed by atoms with Crippen LogP contribution in [0.25, 0.3) is 0 Å². The van der Waals surface area contributed by atoms with Gasteiger partial charge in [-0.2, -0.15) is 0 Å². The molecule has 2 aromatic rings. The quantitative estimate of drug-likeness (QED) is 0.616. The normalized spacial score (nSPS) is 15.7. The minimum absolute atomic E-state index is 0.0847. The maximum absolute atomic E-state index is 12.7. The molecule has 1 aliphatic heterocycles. The average Bonchev–Trinajstić information content (AvgIpc) is 2.85. The van der Waals surface area contributed by atoms with E-state index in [9.17, 15) is 14.4 Å². The Kier molecular flexibility index (Phi) is 4.47. The number of methoxy groups -OCH3 is 1. The summed E-state index contributed by atoms with van der Waals surface area (Å²) in [5, 5.41) is 0. The van der Waals surface area contributed by atoms with Gasteiger partial charge in [0.25, 0.3) is 0 Å². The number of carbonyl (C=O) groups excluding carboxylic acids is 3. The fourth-order valence-corrected chi connectivity index (χ4v) is 2.71. The first kappa shape index (κ1) is 16.6. The van der Waals surface area contributed by atoms with Gasteiger partial charge in [-0.05, 0) is 18.6 Å². The number of nitrogens with zero attached hydrogens (tertiary/aromatic N) is 3. The molecular weight excluding hydrogens is 322 g/mol. The summed E-state index contributed by atoms with van der Waals surface area (Å²) in [7, 11) is 1.48. The van der Waals surface area contributed by atoms with Crippen molar-refractivity contribution in [2.75, 3.05) is 7.11 Å². The minimum atomic E-state index is -0.850. The molecule has 0 aliphatic carbocycles. The number of carbonyl (C=O) groups is 3. The highest BCUT2D eigenvalue weighted by atomic mass is 16.5. The highest BCUT2D eigenvalue weighted by Crippen LogP contribution is 2.27. The van der Waals surface area contributed by atoms with E-state index in [0.717, 1.165) is 15.4 Å². The third-order valence-corrected chi connectivity index (χ3v) is 4.06. The van der Waals surface area contributed by atoms with Crippen molar-refractivity contribution in [3.05, 3.63) is 59.8 Å². The Balaban J connectivity index is 1.84. The lowest BCUT2D eigenvalue weighted by atomic mass is 10.1. The van der Waals surface area contributed by atoms with Crippen molar-refractivity contribution in [3.63, 3.8) is 0 Å². The van der Waals surface area contributed by atoms with Gasteiger partial charge in [0, 0.05) is 6.07 Å². The summed E-state index contributed by atoms with van der Waals surface area (Å²) in [4.78, 5) is 43.3. The second-order valence-corrected chi connectivity index (χ2v) is 5.61. The predicted molar refractivity (Wildman–Crippen MR) is 88.4 cm³/mol. The third kappa shape index (κ3) is 3.08. The van der Waals surface area contributed by atoms with Crippen molar-refractivity contribution < 1.29 is 19.1 Å². The summed E-state index contributed by atoms with van der Waals surface area (Å²) in [5.74, 6) is -1.31. The molecule has 3 rings (SSSR count). The minimum Gasteiger partial charge on any atom is -0.481 e. The zero-order valence-electron chi connectivity index (χ0n) is 13.9. The Bertz CT molecular complexity index is 822. The Morgan fingerprint density at radius 1 is 1.00 bits per heavy atom. The summed E-state index contributed by atoms with van der Waals surface area (Å²) >= 11 is 0. The van der Waals surface area contributed by atoms with Crippen LogP contribution in [-0.2, 0) is 16.1 Å². The van der Waals surface area contributed by atoms with Gasteiger partial charge >= 0.3 is 17.8 Å². The largest absolute Gasteiger partial charge is 0.481 e. The standard InChI is InChI=1S/C18H17N3O4/c1-12(13-7-4-3-5-8-13)21-17(23)16(22)20(18(21)24)11-14-9-6-10-15(19-14)25-2/h3-10,12H,11H2,1-2H3/t12-/m0/s1. The first-order chi connectivity index (χ1) is 12.0. The Morgan fingerprint density at radius 2 is 1.72 bits per heavy atom. The molecule has 1 aromatic heterocycles. The highest BCUT2D eigenvalue weighted by molar-refractivity contribution is 6.44. The van der Waals surface area contributed by atoms with Crippen LogP contribution in [-0.4, -0.2) is 39.7 Å². The number of pyridine rings is 1. The molecule has 25 heavy (non-hydrogen) atoms. The van der Waals surface area contributed by atoms with Gasteiger partial charge in [-0.25, -0.2) is 19.6 Å². The van der Waals surface area contributed by atoms with Gasteiger partial charge in [0.15, 0.2) is 0 Å². The van der Waals surface area contributed by atoms with Gasteiger partial charge < -0.3 is 4.74 Å². The van der Waals surface area contributed by atoms with Crippen LogP contribution in [0, 0.1) is 0 Å². The van der Waals surface area contributed by atoms with Crippen LogP contribution in [0.1, 0.15) is 24.2 Å². The van der Waals surface area contributed by atoms with Crippen molar-refractivity contribution in [1.82, 2.24) is 14.8 Å². The van der Waals surface area contributed by atoms with Gasteiger partial charge in [0.05, 0.1) is 25.4 Å². The molecule has 1 saturated heterocycles. The van der Waals surface area contributed by atoms with E-state index in [4.69, 9.17) is 4.74 Å². The summed E-state index contributed by atoms with van der Waals surface area (Å²) in [6.07, 6.45) is 0. The molecule has 0 unspecified atom stereocenters.